The highest BCUT2D eigenvalue weighted by atomic mass is 14.6. The normalized spacial score (nSPS) is 15.3. The molecule has 0 heterocycles. The number of hydrogen-bond acceptors (Lipinski definition) is 1. The van der Waals surface area contributed by atoms with Crippen LogP contribution in [0.1, 0.15) is 13.3 Å². The summed E-state index contributed by atoms with van der Waals surface area (Å²) in [6, 6.07) is 0. The van der Waals surface area contributed by atoms with Gasteiger partial charge >= 0.3 is 0 Å². The molecule has 0 aliphatic rings. The molecule has 1 unspecified atom stereocenters. The van der Waals surface area contributed by atoms with Gasteiger partial charge in [0.2, 0.25) is 0 Å². The van der Waals surface area contributed by atoms with Crippen molar-refractivity contribution in [2.45, 2.75) is 13.3 Å². The minimum absolute atomic E-state index is 0.407. The van der Waals surface area contributed by atoms with E-state index in [4.69, 9.17) is 0 Å². The minimum Gasteiger partial charge on any atom is -0.301 e. The Labute approximate surface area is 45.5 Å². The van der Waals surface area contributed by atoms with Crippen LogP contribution in [0.2, 0.25) is 0 Å². The predicted octanol–water partition coefficient (Wildman–Crippen LogP) is 1.55. The topological polar surface area (TPSA) is 12.4 Å². The maximum atomic E-state index is 3.82. The van der Waals surface area contributed by atoms with Crippen LogP contribution in [-0.2, 0) is 0 Å². The number of aliphatic imine (C=N–C) groups is 1. The molecule has 0 aliphatic carbocycles. The van der Waals surface area contributed by atoms with Crippen molar-refractivity contribution in [1.82, 2.24) is 0 Å². The first kappa shape index (κ1) is 6.67. The van der Waals surface area contributed by atoms with E-state index in [-0.39, 0.29) is 0 Å². The lowest BCUT2D eigenvalue weighted by atomic mass is 10.1. The Morgan fingerprint density at radius 1 is 1.86 bits per heavy atom. The van der Waals surface area contributed by atoms with Crippen molar-refractivity contribution in [2.24, 2.45) is 10.9 Å². The van der Waals surface area contributed by atoms with E-state index in [1.807, 2.05) is 6.21 Å². The van der Waals surface area contributed by atoms with Gasteiger partial charge in [-0.25, -0.2) is 0 Å². The highest BCUT2D eigenvalue weighted by Crippen LogP contribution is 1.92. The van der Waals surface area contributed by atoms with Gasteiger partial charge in [-0.1, -0.05) is 6.92 Å². The highest BCUT2D eigenvalue weighted by Gasteiger charge is 1.87. The molecule has 0 bridgehead atoms. The van der Waals surface area contributed by atoms with Crippen LogP contribution >= 0.6 is 0 Å². The minimum atomic E-state index is 0.407. The molecule has 1 radical (unpaired) electrons. The Morgan fingerprint density at radius 2 is 2.43 bits per heavy atom. The molecule has 1 heteroatoms. The fraction of sp³-hybridized carbons (Fsp3) is 0.667. The molecule has 41 valence electrons. The average Bonchev–Trinajstić information content (AvgIpc) is 1.68. The van der Waals surface area contributed by atoms with Crippen LogP contribution in [0, 0.1) is 12.8 Å². The third-order valence-corrected chi connectivity index (χ3v) is 0.884. The van der Waals surface area contributed by atoms with Crippen LogP contribution in [0.3, 0.4) is 0 Å². The van der Waals surface area contributed by atoms with Gasteiger partial charge in [0.15, 0.2) is 0 Å². The zero-order chi connectivity index (χ0) is 5.70. The van der Waals surface area contributed by atoms with Gasteiger partial charge in [-0.15, -0.1) is 0 Å². The van der Waals surface area contributed by atoms with Gasteiger partial charge in [0.05, 0.1) is 0 Å². The molecule has 1 atom stereocenters. The van der Waals surface area contributed by atoms with Gasteiger partial charge in [0, 0.05) is 13.3 Å². The summed E-state index contributed by atoms with van der Waals surface area (Å²) in [5, 5.41) is 0. The second-order valence-corrected chi connectivity index (χ2v) is 1.58. The molecule has 0 spiro atoms. The second kappa shape index (κ2) is 3.85. The molecule has 0 aromatic rings. The standard InChI is InChI=1S/C6H12N/c1-4-6(2)5-7-3/h5-6H,2,4H2,1,3H3. The second-order valence-electron chi connectivity index (χ2n) is 1.58. The monoisotopic (exact) mass is 98.1 g/mol. The lowest BCUT2D eigenvalue weighted by Crippen LogP contribution is -1.91. The number of hydrogen-bond donors (Lipinski definition) is 0. The van der Waals surface area contributed by atoms with Gasteiger partial charge < -0.3 is 4.99 Å². The van der Waals surface area contributed by atoms with Crippen molar-refractivity contribution >= 4 is 6.21 Å². The number of rotatable bonds is 2. The van der Waals surface area contributed by atoms with E-state index in [1.54, 1.807) is 7.05 Å². The molecule has 0 aliphatic heterocycles. The van der Waals surface area contributed by atoms with E-state index in [1.165, 1.54) is 0 Å². The summed E-state index contributed by atoms with van der Waals surface area (Å²) in [6.07, 6.45) is 2.94. The largest absolute Gasteiger partial charge is 0.301 e. The molecule has 0 aromatic carbocycles. The Morgan fingerprint density at radius 3 is 2.57 bits per heavy atom. The summed E-state index contributed by atoms with van der Waals surface area (Å²) in [4.78, 5) is 3.82. The molecule has 0 fully saturated rings. The Bertz CT molecular complexity index is 57.2. The predicted molar refractivity (Wildman–Crippen MR) is 33.6 cm³/mol. The van der Waals surface area contributed by atoms with Crippen molar-refractivity contribution in [3.8, 4) is 0 Å². The molecule has 0 saturated carbocycles. The van der Waals surface area contributed by atoms with Crippen molar-refractivity contribution < 1.29 is 0 Å². The van der Waals surface area contributed by atoms with E-state index in [0.717, 1.165) is 6.42 Å². The van der Waals surface area contributed by atoms with E-state index in [9.17, 15) is 0 Å². The van der Waals surface area contributed by atoms with Gasteiger partial charge in [-0.2, -0.15) is 0 Å². The Hall–Kier alpha value is -0.330. The quantitative estimate of drug-likeness (QED) is 0.465. The van der Waals surface area contributed by atoms with Crippen molar-refractivity contribution in [2.75, 3.05) is 7.05 Å². The summed E-state index contributed by atoms with van der Waals surface area (Å²) in [7, 11) is 1.77. The third-order valence-electron chi connectivity index (χ3n) is 0.884. The molecule has 0 aromatic heterocycles. The Balaban J connectivity index is 3.16. The highest BCUT2D eigenvalue weighted by molar-refractivity contribution is 5.60. The summed E-state index contributed by atoms with van der Waals surface area (Å²) in [5.74, 6) is 0.407. The van der Waals surface area contributed by atoms with Crippen LogP contribution in [0.4, 0.5) is 0 Å². The van der Waals surface area contributed by atoms with Crippen LogP contribution in [0.15, 0.2) is 4.99 Å². The molecule has 0 N–H and O–H groups in total. The van der Waals surface area contributed by atoms with E-state index < -0.39 is 0 Å². The summed E-state index contributed by atoms with van der Waals surface area (Å²) >= 11 is 0. The van der Waals surface area contributed by atoms with E-state index in [2.05, 4.69) is 18.8 Å². The molecule has 0 amide bonds. The molecule has 0 saturated heterocycles. The molecule has 0 rings (SSSR count). The smallest absolute Gasteiger partial charge is 0.0273 e. The summed E-state index contributed by atoms with van der Waals surface area (Å²) in [6.45, 7) is 5.89. The summed E-state index contributed by atoms with van der Waals surface area (Å²) < 4.78 is 0. The van der Waals surface area contributed by atoms with Gasteiger partial charge in [-0.05, 0) is 19.3 Å². The maximum absolute atomic E-state index is 3.82. The fourth-order valence-electron chi connectivity index (χ4n) is 0.316. The van der Waals surface area contributed by atoms with Gasteiger partial charge in [0.1, 0.15) is 0 Å². The van der Waals surface area contributed by atoms with Crippen molar-refractivity contribution in [3.05, 3.63) is 6.92 Å². The first-order valence-electron chi connectivity index (χ1n) is 2.56. The van der Waals surface area contributed by atoms with Gasteiger partial charge in [0.25, 0.3) is 0 Å². The van der Waals surface area contributed by atoms with Crippen LogP contribution in [-0.4, -0.2) is 13.3 Å². The van der Waals surface area contributed by atoms with Crippen LogP contribution in [0.5, 0.6) is 0 Å². The zero-order valence-corrected chi connectivity index (χ0v) is 5.02. The first-order valence-corrected chi connectivity index (χ1v) is 2.56. The molecule has 1 nitrogen and oxygen atoms in total. The SMILES string of the molecule is [CH2]C(C=NC)CC. The Kier molecular flexibility index (Phi) is 3.67. The fourth-order valence-corrected chi connectivity index (χ4v) is 0.316. The molecular weight excluding hydrogens is 86.1 g/mol. The van der Waals surface area contributed by atoms with Crippen molar-refractivity contribution in [1.29, 1.82) is 0 Å². The van der Waals surface area contributed by atoms with Gasteiger partial charge in [-0.3, -0.25) is 0 Å². The van der Waals surface area contributed by atoms with Crippen LogP contribution < -0.4 is 0 Å². The lowest BCUT2D eigenvalue weighted by Gasteiger charge is -1.94. The van der Waals surface area contributed by atoms with Crippen molar-refractivity contribution in [3.63, 3.8) is 0 Å². The van der Waals surface area contributed by atoms with Crippen LogP contribution in [0.25, 0.3) is 0 Å². The zero-order valence-electron chi connectivity index (χ0n) is 5.02. The number of nitrogens with zero attached hydrogens (tertiary/aromatic N) is 1. The maximum Gasteiger partial charge on any atom is 0.0273 e. The average molecular weight is 98.2 g/mol. The molecule has 7 heavy (non-hydrogen) atoms. The van der Waals surface area contributed by atoms with E-state index >= 15 is 0 Å². The third kappa shape index (κ3) is 3.50. The van der Waals surface area contributed by atoms with E-state index in [0.29, 0.717) is 5.92 Å². The molecular formula is C6H12N. The lowest BCUT2D eigenvalue weighted by molar-refractivity contribution is 0.826. The summed E-state index contributed by atoms with van der Waals surface area (Å²) in [5.41, 5.74) is 0. The first-order chi connectivity index (χ1) is 3.31.